The van der Waals surface area contributed by atoms with Crippen molar-refractivity contribution in [1.29, 1.82) is 0 Å². The van der Waals surface area contributed by atoms with Crippen LogP contribution >= 0.6 is 0 Å². The van der Waals surface area contributed by atoms with Gasteiger partial charge in [-0.2, -0.15) is 0 Å². The molecular formula is C17H16N2O. The number of methoxy groups -OCH3 is 1. The van der Waals surface area contributed by atoms with E-state index in [-0.39, 0.29) is 6.04 Å². The third-order valence-electron chi connectivity index (χ3n) is 3.27. The summed E-state index contributed by atoms with van der Waals surface area (Å²) in [6.45, 7) is 0. The van der Waals surface area contributed by atoms with Gasteiger partial charge in [0.1, 0.15) is 5.75 Å². The number of benzene rings is 2. The molecule has 0 saturated heterocycles. The maximum atomic E-state index is 5.24. The number of amidine groups is 1. The molecule has 3 rings (SSSR count). The van der Waals surface area contributed by atoms with E-state index in [0.717, 1.165) is 23.6 Å². The van der Waals surface area contributed by atoms with E-state index in [1.165, 1.54) is 5.56 Å². The van der Waals surface area contributed by atoms with Gasteiger partial charge in [-0.05, 0) is 17.7 Å². The Morgan fingerprint density at radius 3 is 2.70 bits per heavy atom. The minimum Gasteiger partial charge on any atom is -0.497 e. The van der Waals surface area contributed by atoms with Crippen molar-refractivity contribution < 1.29 is 4.74 Å². The van der Waals surface area contributed by atoms with Crippen LogP contribution in [0.15, 0.2) is 64.6 Å². The highest BCUT2D eigenvalue weighted by Gasteiger charge is 2.14. The molecule has 1 aliphatic heterocycles. The van der Waals surface area contributed by atoms with Crippen molar-refractivity contribution in [1.82, 2.24) is 0 Å². The molecule has 0 fully saturated rings. The van der Waals surface area contributed by atoms with Crippen LogP contribution in [0.5, 0.6) is 5.75 Å². The second-order valence-electron chi connectivity index (χ2n) is 4.72. The molecule has 1 heterocycles. The van der Waals surface area contributed by atoms with Gasteiger partial charge in [0.25, 0.3) is 0 Å². The Kier molecular flexibility index (Phi) is 3.59. The predicted molar refractivity (Wildman–Crippen MR) is 82.0 cm³/mol. The van der Waals surface area contributed by atoms with Crippen LogP contribution in [-0.4, -0.2) is 25.2 Å². The molecule has 0 saturated carbocycles. The fourth-order valence-electron chi connectivity index (χ4n) is 2.26. The van der Waals surface area contributed by atoms with Crippen LogP contribution in [-0.2, 0) is 6.42 Å². The zero-order chi connectivity index (χ0) is 13.8. The average molecular weight is 264 g/mol. The molecule has 0 aromatic heterocycles. The summed E-state index contributed by atoms with van der Waals surface area (Å²) in [6, 6.07) is 18.3. The normalized spacial score (nSPS) is 17.1. The molecule has 0 N–H and O–H groups in total. The van der Waals surface area contributed by atoms with Crippen LogP contribution in [0.3, 0.4) is 0 Å². The van der Waals surface area contributed by atoms with E-state index in [1.807, 2.05) is 54.7 Å². The van der Waals surface area contributed by atoms with Crippen molar-refractivity contribution in [3.05, 3.63) is 65.7 Å². The molecule has 0 radical (unpaired) electrons. The summed E-state index contributed by atoms with van der Waals surface area (Å²) in [6.07, 6.45) is 2.76. The van der Waals surface area contributed by atoms with Crippen LogP contribution in [0.4, 0.5) is 0 Å². The van der Waals surface area contributed by atoms with Gasteiger partial charge in [-0.25, -0.2) is 4.99 Å². The SMILES string of the molecule is COc1cccc(CC2C=NC(c3ccccc3)=N2)c1. The smallest absolute Gasteiger partial charge is 0.154 e. The van der Waals surface area contributed by atoms with Crippen molar-refractivity contribution in [2.24, 2.45) is 9.98 Å². The quantitative estimate of drug-likeness (QED) is 0.835. The highest BCUT2D eigenvalue weighted by molar-refractivity contribution is 6.07. The molecule has 3 heteroatoms. The van der Waals surface area contributed by atoms with E-state index < -0.39 is 0 Å². The molecule has 20 heavy (non-hydrogen) atoms. The maximum absolute atomic E-state index is 5.24. The first-order valence-electron chi connectivity index (χ1n) is 6.65. The van der Waals surface area contributed by atoms with Crippen molar-refractivity contribution in [2.45, 2.75) is 12.5 Å². The summed E-state index contributed by atoms with van der Waals surface area (Å²) in [5.41, 5.74) is 2.27. The van der Waals surface area contributed by atoms with Crippen molar-refractivity contribution in [3.63, 3.8) is 0 Å². The lowest BCUT2D eigenvalue weighted by atomic mass is 10.1. The molecule has 2 aromatic carbocycles. The molecule has 0 spiro atoms. The van der Waals surface area contributed by atoms with Crippen LogP contribution in [0.1, 0.15) is 11.1 Å². The predicted octanol–water partition coefficient (Wildman–Crippen LogP) is 3.14. The maximum Gasteiger partial charge on any atom is 0.154 e. The molecule has 100 valence electrons. The third-order valence-corrected chi connectivity index (χ3v) is 3.27. The third kappa shape index (κ3) is 2.77. The average Bonchev–Trinajstić information content (AvgIpc) is 2.97. The Bertz CT molecular complexity index is 647. The molecule has 2 aromatic rings. The highest BCUT2D eigenvalue weighted by Crippen LogP contribution is 2.17. The number of nitrogens with zero attached hydrogens (tertiary/aromatic N) is 2. The monoisotopic (exact) mass is 264 g/mol. The van der Waals surface area contributed by atoms with Gasteiger partial charge in [0.2, 0.25) is 0 Å². The topological polar surface area (TPSA) is 34.0 Å². The molecule has 1 unspecified atom stereocenters. The van der Waals surface area contributed by atoms with Gasteiger partial charge in [-0.1, -0.05) is 42.5 Å². The van der Waals surface area contributed by atoms with Crippen molar-refractivity contribution >= 4 is 12.1 Å². The molecule has 0 amide bonds. The van der Waals surface area contributed by atoms with E-state index in [1.54, 1.807) is 7.11 Å². The summed E-state index contributed by atoms with van der Waals surface area (Å²) >= 11 is 0. The van der Waals surface area contributed by atoms with E-state index >= 15 is 0 Å². The second kappa shape index (κ2) is 5.70. The van der Waals surface area contributed by atoms with Crippen LogP contribution in [0.25, 0.3) is 0 Å². The molecule has 0 aliphatic carbocycles. The molecule has 3 nitrogen and oxygen atoms in total. The molecule has 0 bridgehead atoms. The lowest BCUT2D eigenvalue weighted by molar-refractivity contribution is 0.414. The Morgan fingerprint density at radius 2 is 1.90 bits per heavy atom. The van der Waals surface area contributed by atoms with Crippen LogP contribution < -0.4 is 4.74 Å². The van der Waals surface area contributed by atoms with E-state index in [2.05, 4.69) is 16.1 Å². The summed E-state index contributed by atoms with van der Waals surface area (Å²) in [5, 5.41) is 0. The van der Waals surface area contributed by atoms with E-state index in [0.29, 0.717) is 0 Å². The van der Waals surface area contributed by atoms with Crippen LogP contribution in [0.2, 0.25) is 0 Å². The number of hydrogen-bond acceptors (Lipinski definition) is 3. The van der Waals surface area contributed by atoms with Gasteiger partial charge in [0, 0.05) is 18.2 Å². The zero-order valence-electron chi connectivity index (χ0n) is 11.4. The lowest BCUT2D eigenvalue weighted by Gasteiger charge is -2.06. The molecular weight excluding hydrogens is 248 g/mol. The van der Waals surface area contributed by atoms with Gasteiger partial charge in [0.15, 0.2) is 5.84 Å². The number of hydrogen-bond donors (Lipinski definition) is 0. The van der Waals surface area contributed by atoms with Crippen molar-refractivity contribution in [2.75, 3.05) is 7.11 Å². The van der Waals surface area contributed by atoms with Crippen LogP contribution in [0, 0.1) is 0 Å². The number of rotatable bonds is 4. The summed E-state index contributed by atoms with van der Waals surface area (Å²) in [7, 11) is 1.68. The first-order valence-corrected chi connectivity index (χ1v) is 6.65. The Balaban J connectivity index is 1.74. The fourth-order valence-corrected chi connectivity index (χ4v) is 2.26. The van der Waals surface area contributed by atoms with Gasteiger partial charge in [-0.15, -0.1) is 0 Å². The van der Waals surface area contributed by atoms with Crippen molar-refractivity contribution in [3.8, 4) is 5.75 Å². The molecule has 1 atom stereocenters. The summed E-state index contributed by atoms with van der Waals surface area (Å²) < 4.78 is 5.24. The summed E-state index contributed by atoms with van der Waals surface area (Å²) in [4.78, 5) is 9.08. The van der Waals surface area contributed by atoms with Gasteiger partial charge >= 0.3 is 0 Å². The van der Waals surface area contributed by atoms with Gasteiger partial charge < -0.3 is 4.74 Å². The standard InChI is InChI=1S/C17H16N2O/c1-20-16-9-5-6-13(11-16)10-15-12-18-17(19-15)14-7-3-2-4-8-14/h2-9,11-12,15H,10H2,1H3. The number of aliphatic imine (C=N–C) groups is 2. The Hall–Kier alpha value is -2.42. The first kappa shape index (κ1) is 12.6. The van der Waals surface area contributed by atoms with Gasteiger partial charge in [-0.3, -0.25) is 4.99 Å². The summed E-state index contributed by atoms with van der Waals surface area (Å²) in [5.74, 6) is 1.70. The minimum atomic E-state index is 0.109. The minimum absolute atomic E-state index is 0.109. The fraction of sp³-hybridized carbons (Fsp3) is 0.176. The second-order valence-corrected chi connectivity index (χ2v) is 4.72. The number of ether oxygens (including phenoxy) is 1. The first-order chi connectivity index (χ1) is 9.85. The largest absolute Gasteiger partial charge is 0.497 e. The zero-order valence-corrected chi connectivity index (χ0v) is 11.4. The highest BCUT2D eigenvalue weighted by atomic mass is 16.5. The molecule has 1 aliphatic rings. The van der Waals surface area contributed by atoms with E-state index in [4.69, 9.17) is 4.74 Å². The Morgan fingerprint density at radius 1 is 1.05 bits per heavy atom. The van der Waals surface area contributed by atoms with E-state index in [9.17, 15) is 0 Å². The van der Waals surface area contributed by atoms with Gasteiger partial charge in [0.05, 0.1) is 13.2 Å². The lowest BCUT2D eigenvalue weighted by Crippen LogP contribution is -2.07. The Labute approximate surface area is 118 Å².